The summed E-state index contributed by atoms with van der Waals surface area (Å²) < 4.78 is 21.6. The number of esters is 1. The first-order valence-corrected chi connectivity index (χ1v) is 9.86. The normalized spacial score (nSPS) is 17.0. The molecule has 1 amide bonds. The molecule has 28 heavy (non-hydrogen) atoms. The Balaban J connectivity index is 1.80. The number of hydrogen-bond acceptors (Lipinski definition) is 7. The first-order valence-electron chi connectivity index (χ1n) is 8.98. The van der Waals surface area contributed by atoms with Crippen LogP contribution >= 0.6 is 11.3 Å². The molecule has 0 saturated carbocycles. The summed E-state index contributed by atoms with van der Waals surface area (Å²) in [7, 11) is 3.03. The highest BCUT2D eigenvalue weighted by atomic mass is 32.1. The molecular formula is C20H23NO6S. The van der Waals surface area contributed by atoms with Gasteiger partial charge >= 0.3 is 5.97 Å². The fourth-order valence-corrected chi connectivity index (χ4v) is 3.57. The van der Waals surface area contributed by atoms with Crippen molar-refractivity contribution >= 4 is 23.2 Å². The second-order valence-corrected chi connectivity index (χ2v) is 7.20. The number of benzene rings is 1. The summed E-state index contributed by atoms with van der Waals surface area (Å²) in [6.45, 7) is 1.08. The van der Waals surface area contributed by atoms with E-state index in [-0.39, 0.29) is 6.10 Å². The van der Waals surface area contributed by atoms with Crippen LogP contribution in [-0.4, -0.2) is 45.4 Å². The van der Waals surface area contributed by atoms with E-state index in [9.17, 15) is 9.59 Å². The van der Waals surface area contributed by atoms with Gasteiger partial charge in [-0.05, 0) is 36.4 Å². The molecular weight excluding hydrogens is 382 g/mol. The molecule has 1 saturated heterocycles. The van der Waals surface area contributed by atoms with Gasteiger partial charge in [-0.2, -0.15) is 0 Å². The summed E-state index contributed by atoms with van der Waals surface area (Å²) in [5, 5.41) is 4.61. The molecule has 3 rings (SSSR count). The minimum absolute atomic E-state index is 0.0111. The maximum absolute atomic E-state index is 12.8. The lowest BCUT2D eigenvalue weighted by Crippen LogP contribution is -2.37. The minimum Gasteiger partial charge on any atom is -0.493 e. The van der Waals surface area contributed by atoms with Crippen LogP contribution in [0.2, 0.25) is 0 Å². The predicted molar refractivity (Wildman–Crippen MR) is 104 cm³/mol. The molecule has 7 nitrogen and oxygen atoms in total. The second-order valence-electron chi connectivity index (χ2n) is 6.26. The molecule has 1 aliphatic rings. The second kappa shape index (κ2) is 9.57. The van der Waals surface area contributed by atoms with Crippen LogP contribution in [0, 0.1) is 0 Å². The third-order valence-corrected chi connectivity index (χ3v) is 5.27. The Labute approximate surface area is 167 Å². The Kier molecular flexibility index (Phi) is 6.89. The topological polar surface area (TPSA) is 83.1 Å². The molecule has 8 heteroatoms. The monoisotopic (exact) mass is 405 g/mol. The number of rotatable bonds is 8. The van der Waals surface area contributed by atoms with Crippen LogP contribution in [0.1, 0.15) is 34.2 Å². The maximum atomic E-state index is 12.8. The third-order valence-electron chi connectivity index (χ3n) is 4.42. The van der Waals surface area contributed by atoms with Crippen molar-refractivity contribution in [1.29, 1.82) is 0 Å². The van der Waals surface area contributed by atoms with E-state index in [0.29, 0.717) is 35.1 Å². The first kappa shape index (κ1) is 20.2. The Morgan fingerprint density at radius 3 is 2.71 bits per heavy atom. The van der Waals surface area contributed by atoms with Gasteiger partial charge in [0.1, 0.15) is 4.88 Å². The highest BCUT2D eigenvalue weighted by molar-refractivity contribution is 7.11. The van der Waals surface area contributed by atoms with Crippen molar-refractivity contribution in [1.82, 2.24) is 5.32 Å². The Morgan fingerprint density at radius 1 is 1.25 bits per heavy atom. The molecule has 2 atom stereocenters. The van der Waals surface area contributed by atoms with Gasteiger partial charge < -0.3 is 24.3 Å². The number of thiophene rings is 1. The number of ether oxygens (including phenoxy) is 4. The lowest BCUT2D eigenvalue weighted by molar-refractivity contribution is -0.130. The maximum Gasteiger partial charge on any atom is 0.349 e. The molecule has 1 aliphatic heterocycles. The third kappa shape index (κ3) is 4.82. The molecule has 150 valence electrons. The predicted octanol–water partition coefficient (Wildman–Crippen LogP) is 2.96. The van der Waals surface area contributed by atoms with E-state index in [2.05, 4.69) is 5.32 Å². The van der Waals surface area contributed by atoms with Crippen LogP contribution in [0.4, 0.5) is 0 Å². The Bertz CT molecular complexity index is 801. The van der Waals surface area contributed by atoms with Crippen molar-refractivity contribution in [2.24, 2.45) is 0 Å². The molecule has 0 radical (unpaired) electrons. The largest absolute Gasteiger partial charge is 0.493 e. The van der Waals surface area contributed by atoms with Crippen LogP contribution < -0.4 is 14.8 Å². The summed E-state index contributed by atoms with van der Waals surface area (Å²) in [5.74, 6) is 0.00752. The van der Waals surface area contributed by atoms with Gasteiger partial charge in [0.25, 0.3) is 5.91 Å². The van der Waals surface area contributed by atoms with Crippen LogP contribution in [0.25, 0.3) is 0 Å². The number of carbonyl (C=O) groups excluding carboxylic acids is 2. The van der Waals surface area contributed by atoms with Crippen LogP contribution in [0.15, 0.2) is 35.7 Å². The highest BCUT2D eigenvalue weighted by Gasteiger charge is 2.28. The van der Waals surface area contributed by atoms with Crippen molar-refractivity contribution in [2.45, 2.75) is 25.0 Å². The molecule has 0 bridgehead atoms. The van der Waals surface area contributed by atoms with Crippen molar-refractivity contribution < 1.29 is 28.5 Å². The average Bonchev–Trinajstić information content (AvgIpc) is 3.43. The zero-order chi connectivity index (χ0) is 19.9. The minimum atomic E-state index is -1.11. The van der Waals surface area contributed by atoms with Gasteiger partial charge in [-0.15, -0.1) is 11.3 Å². The zero-order valence-corrected chi connectivity index (χ0v) is 16.6. The van der Waals surface area contributed by atoms with Crippen molar-refractivity contribution in [3.8, 4) is 11.5 Å². The number of methoxy groups -OCH3 is 2. The quantitative estimate of drug-likeness (QED) is 0.680. The number of hydrogen-bond donors (Lipinski definition) is 1. The van der Waals surface area contributed by atoms with Crippen molar-refractivity contribution in [2.75, 3.05) is 27.4 Å². The summed E-state index contributed by atoms with van der Waals surface area (Å²) in [5.41, 5.74) is 0.493. The summed E-state index contributed by atoms with van der Waals surface area (Å²) in [6, 6.07) is 8.40. The highest BCUT2D eigenvalue weighted by Crippen LogP contribution is 2.32. The van der Waals surface area contributed by atoms with Gasteiger partial charge in [-0.25, -0.2) is 4.79 Å². The average molecular weight is 405 g/mol. The molecule has 2 heterocycles. The number of carbonyl (C=O) groups is 2. The molecule has 2 aromatic rings. The van der Waals surface area contributed by atoms with E-state index >= 15 is 0 Å². The molecule has 1 aromatic heterocycles. The fourth-order valence-electron chi connectivity index (χ4n) is 2.96. The Hall–Kier alpha value is -2.58. The van der Waals surface area contributed by atoms with E-state index in [0.717, 1.165) is 12.8 Å². The van der Waals surface area contributed by atoms with Crippen LogP contribution in [-0.2, 0) is 14.3 Å². The smallest absolute Gasteiger partial charge is 0.349 e. The SMILES string of the molecule is COc1ccc([C@H](OC(=O)c2cccs2)C(=O)NC[C@@H]2CCCO2)cc1OC. The number of amides is 1. The summed E-state index contributed by atoms with van der Waals surface area (Å²) in [6.07, 6.45) is 0.752. The van der Waals surface area contributed by atoms with Gasteiger partial charge in [0.05, 0.1) is 20.3 Å². The van der Waals surface area contributed by atoms with Gasteiger partial charge in [-0.1, -0.05) is 12.1 Å². The molecule has 0 spiro atoms. The molecule has 1 fully saturated rings. The van der Waals surface area contributed by atoms with Crippen molar-refractivity contribution in [3.63, 3.8) is 0 Å². The Morgan fingerprint density at radius 2 is 2.07 bits per heavy atom. The molecule has 1 N–H and O–H groups in total. The number of nitrogens with one attached hydrogen (secondary N) is 1. The van der Waals surface area contributed by atoms with Crippen LogP contribution in [0.5, 0.6) is 11.5 Å². The van der Waals surface area contributed by atoms with E-state index < -0.39 is 18.0 Å². The lowest BCUT2D eigenvalue weighted by atomic mass is 10.1. The fraction of sp³-hybridized carbons (Fsp3) is 0.400. The van der Waals surface area contributed by atoms with Crippen molar-refractivity contribution in [3.05, 3.63) is 46.2 Å². The summed E-state index contributed by atoms with van der Waals surface area (Å²) >= 11 is 1.26. The van der Waals surface area contributed by atoms with E-state index in [1.165, 1.54) is 25.6 Å². The van der Waals surface area contributed by atoms with Gasteiger partial charge in [0, 0.05) is 18.7 Å². The standard InChI is InChI=1S/C20H23NO6S/c1-24-15-8-7-13(11-16(15)25-2)18(27-20(23)17-6-4-10-28-17)19(22)21-12-14-5-3-9-26-14/h4,6-8,10-11,14,18H,3,5,9,12H2,1-2H3,(H,21,22)/t14-,18-/m0/s1. The molecule has 0 aliphatic carbocycles. The molecule has 0 unspecified atom stereocenters. The zero-order valence-electron chi connectivity index (χ0n) is 15.8. The van der Waals surface area contributed by atoms with Gasteiger partial charge in [-0.3, -0.25) is 4.79 Å². The van der Waals surface area contributed by atoms with E-state index in [4.69, 9.17) is 18.9 Å². The van der Waals surface area contributed by atoms with Crippen LogP contribution in [0.3, 0.4) is 0 Å². The molecule has 1 aromatic carbocycles. The lowest BCUT2D eigenvalue weighted by Gasteiger charge is -2.20. The van der Waals surface area contributed by atoms with E-state index in [1.54, 1.807) is 35.7 Å². The summed E-state index contributed by atoms with van der Waals surface area (Å²) in [4.78, 5) is 25.7. The first-order chi connectivity index (χ1) is 13.6. The van der Waals surface area contributed by atoms with E-state index in [1.807, 2.05) is 0 Å². The van der Waals surface area contributed by atoms with Gasteiger partial charge in [0.2, 0.25) is 6.10 Å². The van der Waals surface area contributed by atoms with Gasteiger partial charge in [0.15, 0.2) is 11.5 Å².